The van der Waals surface area contributed by atoms with Gasteiger partial charge in [0.1, 0.15) is 11.8 Å². The van der Waals surface area contributed by atoms with Crippen LogP contribution in [0, 0.1) is 11.3 Å². The zero-order valence-electron chi connectivity index (χ0n) is 18.1. The monoisotopic (exact) mass is 424 g/mol. The zero-order valence-corrected chi connectivity index (χ0v) is 18.1. The van der Waals surface area contributed by atoms with Crippen molar-refractivity contribution in [1.82, 2.24) is 24.0 Å². The molecule has 3 heterocycles. The first kappa shape index (κ1) is 19.9. The highest BCUT2D eigenvalue weighted by Crippen LogP contribution is 2.35. The Labute approximate surface area is 185 Å². The van der Waals surface area contributed by atoms with E-state index in [0.717, 1.165) is 52.6 Å². The number of aromatic amines is 1. The summed E-state index contributed by atoms with van der Waals surface area (Å²) < 4.78 is 5.84. The van der Waals surface area contributed by atoms with Crippen molar-refractivity contribution < 1.29 is 0 Å². The first-order valence-electron chi connectivity index (χ1n) is 10.7. The van der Waals surface area contributed by atoms with E-state index in [1.54, 1.807) is 4.57 Å². The number of nitriles is 1. The Balaban J connectivity index is 1.80. The Morgan fingerprint density at radius 3 is 2.50 bits per heavy atom. The fourth-order valence-corrected chi connectivity index (χ4v) is 4.55. The number of aryl methyl sites for hydroxylation is 2. The fraction of sp³-hybridized carbons (Fsp3) is 0.200. The molecule has 0 aliphatic rings. The van der Waals surface area contributed by atoms with Crippen molar-refractivity contribution in [1.29, 1.82) is 5.26 Å². The topological polar surface area (TPSA) is 83.5 Å². The van der Waals surface area contributed by atoms with Crippen LogP contribution in [0.4, 0.5) is 0 Å². The number of aromatic nitrogens is 4. The van der Waals surface area contributed by atoms with Gasteiger partial charge >= 0.3 is 5.69 Å². The lowest BCUT2D eigenvalue weighted by Gasteiger charge is -2.06. The van der Waals surface area contributed by atoms with E-state index in [-0.39, 0.29) is 11.4 Å². The van der Waals surface area contributed by atoms with E-state index in [4.69, 9.17) is 0 Å². The molecule has 0 unspecified atom stereocenters. The second kappa shape index (κ2) is 7.91. The molecule has 0 aliphatic carbocycles. The van der Waals surface area contributed by atoms with E-state index in [9.17, 15) is 10.1 Å². The number of fused-ring (bicyclic) bond motifs is 2. The minimum Gasteiger partial charge on any atom is -0.348 e. The maximum Gasteiger partial charge on any atom is 0.331 e. The lowest BCUT2D eigenvalue weighted by Crippen LogP contribution is -2.15. The van der Waals surface area contributed by atoms with E-state index in [2.05, 4.69) is 33.2 Å². The molecule has 160 valence electrons. The Morgan fingerprint density at radius 1 is 1.03 bits per heavy atom. The molecule has 7 heteroatoms. The molecular formula is C25H24N6O. The molecule has 5 rings (SSSR count). The van der Waals surface area contributed by atoms with Crippen LogP contribution in [0.15, 0.2) is 65.7 Å². The van der Waals surface area contributed by atoms with Crippen LogP contribution < -0.4 is 11.0 Å². The molecule has 2 N–H and O–H groups in total. The summed E-state index contributed by atoms with van der Waals surface area (Å²) >= 11 is 0. The van der Waals surface area contributed by atoms with Crippen LogP contribution in [0.5, 0.6) is 0 Å². The van der Waals surface area contributed by atoms with Gasteiger partial charge in [-0.25, -0.2) is 4.79 Å². The average molecular weight is 425 g/mol. The summed E-state index contributed by atoms with van der Waals surface area (Å²) in [5, 5.41) is 15.0. The SMILES string of the molecule is CNCCCn1cc(-c2c(C#N)[nH]c(=O)n2-c2cn(C)c3ccccc23)c2ccccc21. The molecule has 0 saturated heterocycles. The normalized spacial score (nSPS) is 11.4. The number of imidazole rings is 1. The highest BCUT2D eigenvalue weighted by atomic mass is 16.1. The number of hydrogen-bond acceptors (Lipinski definition) is 3. The number of benzene rings is 2. The molecule has 0 radical (unpaired) electrons. The smallest absolute Gasteiger partial charge is 0.331 e. The molecule has 5 aromatic rings. The Kier molecular flexibility index (Phi) is 4.92. The van der Waals surface area contributed by atoms with E-state index in [1.165, 1.54) is 0 Å². The summed E-state index contributed by atoms with van der Waals surface area (Å²) in [7, 11) is 3.91. The minimum absolute atomic E-state index is 0.265. The van der Waals surface area contributed by atoms with Crippen LogP contribution in [0.3, 0.4) is 0 Å². The summed E-state index contributed by atoms with van der Waals surface area (Å²) in [4.78, 5) is 15.9. The second-order valence-corrected chi connectivity index (χ2v) is 7.95. The molecule has 2 aromatic carbocycles. The Bertz CT molecular complexity index is 1540. The first-order chi connectivity index (χ1) is 15.6. The second-order valence-electron chi connectivity index (χ2n) is 7.95. The van der Waals surface area contributed by atoms with Gasteiger partial charge in [-0.3, -0.25) is 9.55 Å². The molecule has 0 fully saturated rings. The third-order valence-electron chi connectivity index (χ3n) is 5.99. The third-order valence-corrected chi connectivity index (χ3v) is 5.99. The number of para-hydroxylation sites is 2. The van der Waals surface area contributed by atoms with Crippen LogP contribution in [-0.4, -0.2) is 32.3 Å². The molecule has 32 heavy (non-hydrogen) atoms. The first-order valence-corrected chi connectivity index (χ1v) is 10.7. The van der Waals surface area contributed by atoms with Gasteiger partial charge in [-0.2, -0.15) is 5.26 Å². The Morgan fingerprint density at radius 2 is 1.75 bits per heavy atom. The summed E-state index contributed by atoms with van der Waals surface area (Å²) in [5.74, 6) is 0. The number of nitrogens with one attached hydrogen (secondary N) is 2. The van der Waals surface area contributed by atoms with Crippen LogP contribution in [0.2, 0.25) is 0 Å². The van der Waals surface area contributed by atoms with Crippen molar-refractivity contribution in [3.05, 3.63) is 77.1 Å². The van der Waals surface area contributed by atoms with Crippen molar-refractivity contribution in [3.8, 4) is 23.0 Å². The average Bonchev–Trinajstić information content (AvgIpc) is 3.45. The van der Waals surface area contributed by atoms with Crippen LogP contribution in [0.25, 0.3) is 38.8 Å². The molecular weight excluding hydrogens is 400 g/mol. The maximum atomic E-state index is 13.1. The summed E-state index contributed by atoms with van der Waals surface area (Å²) in [6.45, 7) is 1.75. The standard InChI is InChI=1S/C25H24N6O/c1-27-12-7-13-30-15-19(17-8-3-6-11-22(17)30)24-20(14-26)28-25(32)31(24)23-16-29(2)21-10-5-4-9-18(21)23/h3-6,8-11,15-16,27H,7,12-13H2,1-2H3,(H,28,32). The Hall–Kier alpha value is -4.02. The predicted molar refractivity (Wildman–Crippen MR) is 127 cm³/mol. The van der Waals surface area contributed by atoms with E-state index in [1.807, 2.05) is 67.3 Å². The van der Waals surface area contributed by atoms with Gasteiger partial charge in [0.05, 0.1) is 11.4 Å². The summed E-state index contributed by atoms with van der Waals surface area (Å²) in [6.07, 6.45) is 4.98. The van der Waals surface area contributed by atoms with Gasteiger partial charge in [-0.15, -0.1) is 0 Å². The lowest BCUT2D eigenvalue weighted by molar-refractivity contribution is 0.627. The number of rotatable bonds is 6. The van der Waals surface area contributed by atoms with Crippen molar-refractivity contribution in [2.45, 2.75) is 13.0 Å². The molecule has 0 saturated carbocycles. The van der Waals surface area contributed by atoms with Crippen LogP contribution in [-0.2, 0) is 13.6 Å². The molecule has 7 nitrogen and oxygen atoms in total. The quantitative estimate of drug-likeness (QED) is 0.407. The third kappa shape index (κ3) is 3.04. The minimum atomic E-state index is -0.320. The number of nitrogens with zero attached hydrogens (tertiary/aromatic N) is 4. The van der Waals surface area contributed by atoms with Gasteiger partial charge in [-0.1, -0.05) is 36.4 Å². The van der Waals surface area contributed by atoms with Gasteiger partial charge in [-0.05, 0) is 32.1 Å². The summed E-state index contributed by atoms with van der Waals surface area (Å²) in [6, 6.07) is 18.3. The van der Waals surface area contributed by atoms with Gasteiger partial charge in [0.25, 0.3) is 0 Å². The molecule has 0 bridgehead atoms. The molecule has 0 atom stereocenters. The van der Waals surface area contributed by atoms with Crippen molar-refractivity contribution in [2.24, 2.45) is 7.05 Å². The largest absolute Gasteiger partial charge is 0.348 e. The van der Waals surface area contributed by atoms with Crippen LogP contribution in [0.1, 0.15) is 12.1 Å². The van der Waals surface area contributed by atoms with Crippen molar-refractivity contribution in [3.63, 3.8) is 0 Å². The van der Waals surface area contributed by atoms with Gasteiger partial charge < -0.3 is 14.5 Å². The number of hydrogen-bond donors (Lipinski definition) is 2. The molecule has 0 spiro atoms. The molecule has 0 amide bonds. The molecule has 0 aliphatic heterocycles. The van der Waals surface area contributed by atoms with E-state index < -0.39 is 0 Å². The fourth-order valence-electron chi connectivity index (χ4n) is 4.55. The van der Waals surface area contributed by atoms with Gasteiger partial charge in [0.2, 0.25) is 0 Å². The van der Waals surface area contributed by atoms with Gasteiger partial charge in [0, 0.05) is 53.4 Å². The lowest BCUT2D eigenvalue weighted by atomic mass is 10.1. The number of H-pyrrole nitrogens is 1. The summed E-state index contributed by atoms with van der Waals surface area (Å²) in [5.41, 5.74) is 4.27. The van der Waals surface area contributed by atoms with E-state index >= 15 is 0 Å². The highest BCUT2D eigenvalue weighted by molar-refractivity contribution is 5.98. The van der Waals surface area contributed by atoms with E-state index in [0.29, 0.717) is 5.69 Å². The predicted octanol–water partition coefficient (Wildman–Crippen LogP) is 3.76. The van der Waals surface area contributed by atoms with Crippen molar-refractivity contribution >= 4 is 21.8 Å². The maximum absolute atomic E-state index is 13.1. The molecule has 3 aromatic heterocycles. The highest BCUT2D eigenvalue weighted by Gasteiger charge is 2.23. The van der Waals surface area contributed by atoms with Crippen LogP contribution >= 0.6 is 0 Å². The van der Waals surface area contributed by atoms with Gasteiger partial charge in [0.15, 0.2) is 0 Å². The van der Waals surface area contributed by atoms with Crippen molar-refractivity contribution in [2.75, 3.05) is 13.6 Å². The zero-order chi connectivity index (χ0) is 22.2.